The van der Waals surface area contributed by atoms with E-state index >= 15 is 0 Å². The van der Waals surface area contributed by atoms with Crippen LogP contribution in [0.5, 0.6) is 0 Å². The first kappa shape index (κ1) is 18.7. The summed E-state index contributed by atoms with van der Waals surface area (Å²) in [5.74, 6) is -0.154. The number of benzene rings is 1. The lowest BCUT2D eigenvalue weighted by Gasteiger charge is -2.39. The molecule has 0 radical (unpaired) electrons. The van der Waals surface area contributed by atoms with Crippen LogP contribution in [0.25, 0.3) is 0 Å². The average Bonchev–Trinajstić information content (AvgIpc) is 2.99. The molecule has 2 amide bonds. The minimum Gasteiger partial charge on any atom is -0.347 e. The van der Waals surface area contributed by atoms with Crippen molar-refractivity contribution in [3.8, 4) is 0 Å². The first-order valence-corrected chi connectivity index (χ1v) is 9.71. The maximum atomic E-state index is 13.1. The Labute approximate surface area is 164 Å². The van der Waals surface area contributed by atoms with Crippen LogP contribution in [-0.4, -0.2) is 69.8 Å². The summed E-state index contributed by atoms with van der Waals surface area (Å²) in [4.78, 5) is 31.8. The molecule has 6 nitrogen and oxygen atoms in total. The van der Waals surface area contributed by atoms with E-state index in [1.54, 1.807) is 12.1 Å². The summed E-state index contributed by atoms with van der Waals surface area (Å²) in [6, 6.07) is 9.80. The minimum atomic E-state index is -0.272. The van der Waals surface area contributed by atoms with E-state index in [1.807, 2.05) is 39.7 Å². The Kier molecular flexibility index (Phi) is 5.17. The lowest BCUT2D eigenvalue weighted by molar-refractivity contribution is -0.142. The van der Waals surface area contributed by atoms with Gasteiger partial charge in [-0.25, -0.2) is 4.39 Å². The van der Waals surface area contributed by atoms with Crippen molar-refractivity contribution < 1.29 is 14.0 Å². The zero-order valence-corrected chi connectivity index (χ0v) is 16.1. The molecule has 0 bridgehead atoms. The number of aromatic nitrogens is 1. The fraction of sp³-hybridized carbons (Fsp3) is 0.429. The molecule has 0 spiro atoms. The molecule has 0 saturated carbocycles. The molecule has 2 aromatic rings. The van der Waals surface area contributed by atoms with Gasteiger partial charge in [0.15, 0.2) is 0 Å². The molecule has 2 aliphatic heterocycles. The van der Waals surface area contributed by atoms with Gasteiger partial charge in [-0.15, -0.1) is 0 Å². The van der Waals surface area contributed by atoms with Crippen molar-refractivity contribution in [2.45, 2.75) is 19.0 Å². The lowest BCUT2D eigenvalue weighted by Crippen LogP contribution is -2.56. The van der Waals surface area contributed by atoms with Crippen LogP contribution in [0.2, 0.25) is 0 Å². The number of hydrogen-bond acceptors (Lipinski definition) is 3. The second kappa shape index (κ2) is 7.75. The second-order valence-corrected chi connectivity index (χ2v) is 7.52. The van der Waals surface area contributed by atoms with Crippen LogP contribution in [0.1, 0.15) is 22.5 Å². The van der Waals surface area contributed by atoms with Crippen molar-refractivity contribution in [3.63, 3.8) is 0 Å². The van der Waals surface area contributed by atoms with Crippen molar-refractivity contribution in [2.75, 3.05) is 32.7 Å². The van der Waals surface area contributed by atoms with Crippen LogP contribution < -0.4 is 0 Å². The monoisotopic (exact) mass is 384 g/mol. The third kappa shape index (κ3) is 3.67. The van der Waals surface area contributed by atoms with E-state index in [2.05, 4.69) is 4.90 Å². The Morgan fingerprint density at radius 3 is 2.54 bits per heavy atom. The topological polar surface area (TPSA) is 48.8 Å². The molecule has 2 fully saturated rings. The summed E-state index contributed by atoms with van der Waals surface area (Å²) in [6.07, 6.45) is 2.50. The Hall–Kier alpha value is -2.67. The van der Waals surface area contributed by atoms with E-state index in [1.165, 1.54) is 12.1 Å². The molecule has 148 valence electrons. The zero-order chi connectivity index (χ0) is 19.7. The second-order valence-electron chi connectivity index (χ2n) is 7.52. The highest BCUT2D eigenvalue weighted by molar-refractivity contribution is 5.93. The van der Waals surface area contributed by atoms with Crippen LogP contribution in [0, 0.1) is 5.82 Å². The van der Waals surface area contributed by atoms with Gasteiger partial charge in [0.1, 0.15) is 11.5 Å². The van der Waals surface area contributed by atoms with Gasteiger partial charge in [-0.05, 0) is 36.2 Å². The lowest BCUT2D eigenvalue weighted by atomic mass is 10.1. The molecular weight excluding hydrogens is 359 g/mol. The molecule has 0 aliphatic carbocycles. The summed E-state index contributed by atoms with van der Waals surface area (Å²) in [5, 5.41) is 0. The predicted molar refractivity (Wildman–Crippen MR) is 103 cm³/mol. The maximum Gasteiger partial charge on any atom is 0.270 e. The zero-order valence-electron chi connectivity index (χ0n) is 16.1. The maximum absolute atomic E-state index is 13.1. The normalized spacial score (nSPS) is 20.8. The number of carbonyl (C=O) groups excluding carboxylic acids is 2. The molecular formula is C21H25FN4O2. The van der Waals surface area contributed by atoms with Crippen LogP contribution >= 0.6 is 0 Å². The number of carbonyl (C=O) groups is 2. The quantitative estimate of drug-likeness (QED) is 0.810. The molecule has 28 heavy (non-hydrogen) atoms. The van der Waals surface area contributed by atoms with E-state index in [9.17, 15) is 14.0 Å². The molecule has 4 rings (SSSR count). The van der Waals surface area contributed by atoms with Crippen LogP contribution in [-0.2, 0) is 18.4 Å². The van der Waals surface area contributed by atoms with Gasteiger partial charge >= 0.3 is 0 Å². The summed E-state index contributed by atoms with van der Waals surface area (Å²) in [5.41, 5.74) is 1.60. The minimum absolute atomic E-state index is 0.0166. The number of amides is 2. The highest BCUT2D eigenvalue weighted by atomic mass is 19.1. The van der Waals surface area contributed by atoms with Gasteiger partial charge in [-0.3, -0.25) is 14.5 Å². The summed E-state index contributed by atoms with van der Waals surface area (Å²) >= 11 is 0. The van der Waals surface area contributed by atoms with Crippen molar-refractivity contribution >= 4 is 11.8 Å². The largest absolute Gasteiger partial charge is 0.347 e. The van der Waals surface area contributed by atoms with Crippen molar-refractivity contribution in [2.24, 2.45) is 7.05 Å². The fourth-order valence-corrected chi connectivity index (χ4v) is 4.11. The van der Waals surface area contributed by atoms with E-state index in [-0.39, 0.29) is 23.7 Å². The van der Waals surface area contributed by atoms with Gasteiger partial charge < -0.3 is 14.4 Å². The molecule has 1 atom stereocenters. The molecule has 2 saturated heterocycles. The SMILES string of the molecule is Cn1cccc1C(=O)N1CCC2C(=O)N(Cc3ccc(F)cc3)CCN2CC1. The van der Waals surface area contributed by atoms with Crippen molar-refractivity contribution in [1.29, 1.82) is 0 Å². The van der Waals surface area contributed by atoms with Gasteiger partial charge in [0.25, 0.3) is 5.91 Å². The molecule has 1 aromatic heterocycles. The number of piperazine rings is 1. The van der Waals surface area contributed by atoms with E-state index in [4.69, 9.17) is 0 Å². The highest BCUT2D eigenvalue weighted by Gasteiger charge is 2.37. The molecule has 2 aliphatic rings. The number of nitrogens with zero attached hydrogens (tertiary/aromatic N) is 4. The van der Waals surface area contributed by atoms with Crippen LogP contribution in [0.3, 0.4) is 0 Å². The highest BCUT2D eigenvalue weighted by Crippen LogP contribution is 2.21. The molecule has 7 heteroatoms. The third-order valence-corrected chi connectivity index (χ3v) is 5.76. The number of aryl methyl sites for hydroxylation is 1. The smallest absolute Gasteiger partial charge is 0.270 e. The van der Waals surface area contributed by atoms with Gasteiger partial charge in [-0.2, -0.15) is 0 Å². The number of rotatable bonds is 3. The molecule has 1 unspecified atom stereocenters. The van der Waals surface area contributed by atoms with Gasteiger partial charge in [0.05, 0.1) is 6.04 Å². The Balaban J connectivity index is 1.42. The van der Waals surface area contributed by atoms with Crippen molar-refractivity contribution in [3.05, 3.63) is 59.7 Å². The fourth-order valence-electron chi connectivity index (χ4n) is 4.11. The average molecular weight is 384 g/mol. The number of halogens is 1. The first-order valence-electron chi connectivity index (χ1n) is 9.71. The Bertz CT molecular complexity index is 864. The standard InChI is InChI=1S/C21H25FN4O2/c1-23-9-2-3-18(23)20(27)25-10-8-19-21(28)26(14-12-24(19)11-13-25)15-16-4-6-17(22)7-5-16/h2-7,9,19H,8,10-15H2,1H3. The Morgan fingerprint density at radius 1 is 1.07 bits per heavy atom. The predicted octanol–water partition coefficient (Wildman–Crippen LogP) is 1.72. The van der Waals surface area contributed by atoms with E-state index < -0.39 is 0 Å². The van der Waals surface area contributed by atoms with Gasteiger partial charge in [-0.1, -0.05) is 12.1 Å². The first-order chi connectivity index (χ1) is 13.5. The molecule has 1 aromatic carbocycles. The molecule has 3 heterocycles. The van der Waals surface area contributed by atoms with Gasteiger partial charge in [0.2, 0.25) is 5.91 Å². The van der Waals surface area contributed by atoms with Crippen molar-refractivity contribution in [1.82, 2.24) is 19.3 Å². The van der Waals surface area contributed by atoms with Crippen LogP contribution in [0.15, 0.2) is 42.6 Å². The third-order valence-electron chi connectivity index (χ3n) is 5.76. The number of hydrogen-bond donors (Lipinski definition) is 0. The summed E-state index contributed by atoms with van der Waals surface area (Å²) in [7, 11) is 1.87. The van der Waals surface area contributed by atoms with E-state index in [0.717, 1.165) is 12.1 Å². The molecule has 0 N–H and O–H groups in total. The van der Waals surface area contributed by atoms with E-state index in [0.29, 0.717) is 44.8 Å². The number of fused-ring (bicyclic) bond motifs is 1. The summed E-state index contributed by atoms with van der Waals surface area (Å²) in [6.45, 7) is 3.85. The Morgan fingerprint density at radius 2 is 1.82 bits per heavy atom. The van der Waals surface area contributed by atoms with Crippen LogP contribution in [0.4, 0.5) is 4.39 Å². The van der Waals surface area contributed by atoms with Gasteiger partial charge in [0, 0.05) is 52.5 Å². The summed E-state index contributed by atoms with van der Waals surface area (Å²) < 4.78 is 14.9.